The molecule has 1 aromatic rings. The first-order valence-corrected chi connectivity index (χ1v) is 8.38. The van der Waals surface area contributed by atoms with Crippen molar-refractivity contribution in [3.63, 3.8) is 0 Å². The summed E-state index contributed by atoms with van der Waals surface area (Å²) < 4.78 is 10.2. The topological polar surface area (TPSA) is 89.9 Å². The molecule has 0 aliphatic rings. The van der Waals surface area contributed by atoms with Crippen LogP contribution in [0, 0.1) is 0 Å². The minimum Gasteiger partial charge on any atom is -0.478 e. The van der Waals surface area contributed by atoms with Gasteiger partial charge in [-0.15, -0.1) is 0 Å². The van der Waals surface area contributed by atoms with Gasteiger partial charge >= 0.3 is 17.9 Å². The Hall–Kier alpha value is -2.63. The summed E-state index contributed by atoms with van der Waals surface area (Å²) in [4.78, 5) is 35.3. The van der Waals surface area contributed by atoms with Crippen LogP contribution in [-0.4, -0.2) is 36.2 Å². The Morgan fingerprint density at radius 3 is 1.80 bits per heavy atom. The fourth-order valence-corrected chi connectivity index (χ4v) is 1.86. The van der Waals surface area contributed by atoms with Crippen LogP contribution in [0.2, 0.25) is 0 Å². The third kappa shape index (κ3) is 7.20. The standard InChI is InChI=1S/C19H24O6/c1-3-5-11-24-18(22)16(19(23)25-12-6-4-2)13-14-7-9-15(10-8-14)17(20)21/h7-10,13H,3-6,11-12H2,1-2H3,(H,20,21). The van der Waals surface area contributed by atoms with E-state index in [4.69, 9.17) is 14.6 Å². The van der Waals surface area contributed by atoms with Gasteiger partial charge < -0.3 is 14.6 Å². The summed E-state index contributed by atoms with van der Waals surface area (Å²) in [5, 5.41) is 8.91. The molecule has 0 saturated carbocycles. The zero-order valence-corrected chi connectivity index (χ0v) is 14.6. The van der Waals surface area contributed by atoms with Crippen molar-refractivity contribution in [3.05, 3.63) is 41.0 Å². The molecule has 0 atom stereocenters. The van der Waals surface area contributed by atoms with E-state index in [1.807, 2.05) is 13.8 Å². The lowest BCUT2D eigenvalue weighted by atomic mass is 10.1. The van der Waals surface area contributed by atoms with Crippen molar-refractivity contribution in [2.45, 2.75) is 39.5 Å². The summed E-state index contributed by atoms with van der Waals surface area (Å²) >= 11 is 0. The van der Waals surface area contributed by atoms with Crippen LogP contribution in [0.25, 0.3) is 6.08 Å². The Kier molecular flexibility index (Phi) is 9.00. The average Bonchev–Trinajstić information content (AvgIpc) is 2.60. The Bertz CT molecular complexity index is 591. The molecule has 0 bridgehead atoms. The van der Waals surface area contributed by atoms with Gasteiger partial charge in [0.1, 0.15) is 5.57 Å². The number of ether oxygens (including phenoxy) is 2. The molecular weight excluding hydrogens is 324 g/mol. The highest BCUT2D eigenvalue weighted by molar-refractivity contribution is 6.17. The Morgan fingerprint density at radius 2 is 1.40 bits per heavy atom. The van der Waals surface area contributed by atoms with Crippen molar-refractivity contribution in [2.24, 2.45) is 0 Å². The predicted octanol–water partition coefficient (Wildman–Crippen LogP) is 3.45. The van der Waals surface area contributed by atoms with Crippen molar-refractivity contribution in [1.29, 1.82) is 0 Å². The number of hydrogen-bond donors (Lipinski definition) is 1. The van der Waals surface area contributed by atoms with Gasteiger partial charge in [-0.25, -0.2) is 14.4 Å². The number of benzene rings is 1. The highest BCUT2D eigenvalue weighted by atomic mass is 16.6. The number of hydrogen-bond acceptors (Lipinski definition) is 5. The molecule has 0 aliphatic carbocycles. The van der Waals surface area contributed by atoms with Crippen molar-refractivity contribution < 1.29 is 29.0 Å². The van der Waals surface area contributed by atoms with E-state index in [0.717, 1.165) is 12.8 Å². The second-order valence-corrected chi connectivity index (χ2v) is 5.46. The number of unbranched alkanes of at least 4 members (excludes halogenated alkanes) is 2. The molecular formula is C19H24O6. The third-order valence-corrected chi connectivity index (χ3v) is 3.37. The Morgan fingerprint density at radius 1 is 0.920 bits per heavy atom. The van der Waals surface area contributed by atoms with Crippen LogP contribution < -0.4 is 0 Å². The number of carbonyl (C=O) groups is 3. The molecule has 0 spiro atoms. The first-order chi connectivity index (χ1) is 12.0. The molecule has 1 rings (SSSR count). The minimum absolute atomic E-state index is 0.120. The quantitative estimate of drug-likeness (QED) is 0.229. The molecule has 0 unspecified atom stereocenters. The van der Waals surface area contributed by atoms with Gasteiger partial charge in [0.2, 0.25) is 0 Å². The van der Waals surface area contributed by atoms with Crippen LogP contribution in [-0.2, 0) is 19.1 Å². The summed E-state index contributed by atoms with van der Waals surface area (Å²) in [6, 6.07) is 5.83. The zero-order valence-electron chi connectivity index (χ0n) is 14.6. The molecule has 0 amide bonds. The Balaban J connectivity index is 2.96. The van der Waals surface area contributed by atoms with Gasteiger partial charge in [-0.1, -0.05) is 38.8 Å². The molecule has 0 aromatic heterocycles. The monoisotopic (exact) mass is 348 g/mol. The molecule has 25 heavy (non-hydrogen) atoms. The first-order valence-electron chi connectivity index (χ1n) is 8.38. The van der Waals surface area contributed by atoms with Crippen LogP contribution in [0.4, 0.5) is 0 Å². The first kappa shape index (κ1) is 20.4. The minimum atomic E-state index is -1.05. The molecule has 6 nitrogen and oxygen atoms in total. The maximum atomic E-state index is 12.2. The van der Waals surface area contributed by atoms with Crippen molar-refractivity contribution in [2.75, 3.05) is 13.2 Å². The summed E-state index contributed by atoms with van der Waals surface area (Å²) in [5.74, 6) is -2.52. The van der Waals surface area contributed by atoms with E-state index in [1.165, 1.54) is 30.3 Å². The zero-order chi connectivity index (χ0) is 18.7. The lowest BCUT2D eigenvalue weighted by molar-refractivity contribution is -0.147. The molecule has 136 valence electrons. The molecule has 0 fully saturated rings. The van der Waals surface area contributed by atoms with Gasteiger partial charge in [-0.05, 0) is 36.6 Å². The van der Waals surface area contributed by atoms with Gasteiger partial charge in [-0.3, -0.25) is 0 Å². The number of carbonyl (C=O) groups excluding carboxylic acids is 2. The number of carboxylic acids is 1. The van der Waals surface area contributed by atoms with Gasteiger partial charge in [0.25, 0.3) is 0 Å². The fourth-order valence-electron chi connectivity index (χ4n) is 1.86. The van der Waals surface area contributed by atoms with Crippen molar-refractivity contribution in [1.82, 2.24) is 0 Å². The molecule has 6 heteroatoms. The molecule has 0 heterocycles. The highest BCUT2D eigenvalue weighted by Gasteiger charge is 2.21. The normalized spacial score (nSPS) is 10.0. The highest BCUT2D eigenvalue weighted by Crippen LogP contribution is 2.13. The molecule has 0 saturated heterocycles. The lowest BCUT2D eigenvalue weighted by Crippen LogP contribution is -2.19. The van der Waals surface area contributed by atoms with Crippen LogP contribution in [0.1, 0.15) is 55.5 Å². The summed E-state index contributed by atoms with van der Waals surface area (Å²) in [6.45, 7) is 4.39. The fraction of sp³-hybridized carbons (Fsp3) is 0.421. The molecule has 1 N–H and O–H groups in total. The van der Waals surface area contributed by atoms with Crippen LogP contribution in [0.15, 0.2) is 29.8 Å². The maximum Gasteiger partial charge on any atom is 0.345 e. The van der Waals surface area contributed by atoms with E-state index < -0.39 is 17.9 Å². The van der Waals surface area contributed by atoms with E-state index in [-0.39, 0.29) is 24.4 Å². The average molecular weight is 348 g/mol. The maximum absolute atomic E-state index is 12.2. The van der Waals surface area contributed by atoms with Crippen molar-refractivity contribution in [3.8, 4) is 0 Å². The molecule has 0 radical (unpaired) electrons. The van der Waals surface area contributed by atoms with Crippen molar-refractivity contribution >= 4 is 24.0 Å². The summed E-state index contributed by atoms with van der Waals surface area (Å²) in [5.41, 5.74) is 0.435. The van der Waals surface area contributed by atoms with Gasteiger partial charge in [0.15, 0.2) is 0 Å². The summed E-state index contributed by atoms with van der Waals surface area (Å²) in [6.07, 6.45) is 4.50. The third-order valence-electron chi connectivity index (χ3n) is 3.37. The number of carboxylic acid groups (broad SMARTS) is 1. The van der Waals surface area contributed by atoms with Gasteiger partial charge in [0, 0.05) is 0 Å². The van der Waals surface area contributed by atoms with Crippen LogP contribution >= 0.6 is 0 Å². The predicted molar refractivity (Wildman–Crippen MR) is 93.1 cm³/mol. The second kappa shape index (κ2) is 11.0. The largest absolute Gasteiger partial charge is 0.478 e. The molecule has 1 aromatic carbocycles. The molecule has 0 aliphatic heterocycles. The van der Waals surface area contributed by atoms with E-state index in [9.17, 15) is 14.4 Å². The Labute approximate surface area is 147 Å². The van der Waals surface area contributed by atoms with E-state index >= 15 is 0 Å². The van der Waals surface area contributed by atoms with E-state index in [1.54, 1.807) is 0 Å². The second-order valence-electron chi connectivity index (χ2n) is 5.46. The number of rotatable bonds is 10. The van der Waals surface area contributed by atoms with Crippen LogP contribution in [0.5, 0.6) is 0 Å². The van der Waals surface area contributed by atoms with Gasteiger partial charge in [-0.2, -0.15) is 0 Å². The number of aromatic carboxylic acids is 1. The summed E-state index contributed by atoms with van der Waals surface area (Å²) in [7, 11) is 0. The SMILES string of the molecule is CCCCOC(=O)C(=Cc1ccc(C(=O)O)cc1)C(=O)OCCCC. The smallest absolute Gasteiger partial charge is 0.345 e. The van der Waals surface area contributed by atoms with Crippen LogP contribution in [0.3, 0.4) is 0 Å². The van der Waals surface area contributed by atoms with E-state index in [2.05, 4.69) is 0 Å². The van der Waals surface area contributed by atoms with E-state index in [0.29, 0.717) is 18.4 Å². The number of esters is 2. The lowest BCUT2D eigenvalue weighted by Gasteiger charge is -2.09. The van der Waals surface area contributed by atoms with Gasteiger partial charge in [0.05, 0.1) is 18.8 Å².